The highest BCUT2D eigenvalue weighted by atomic mass is 19.1. The molecule has 194 valence electrons. The SMILES string of the molecule is CC(O)COc1cc(-c2ccc(N3CCN(C(=O)Cc4ccc(F)cc4)CC3)nc2)c2c(C#N)cnn2c1. The van der Waals surface area contributed by atoms with E-state index < -0.39 is 6.10 Å². The molecule has 5 rings (SSSR count). The molecule has 1 aliphatic heterocycles. The van der Waals surface area contributed by atoms with Gasteiger partial charge in [0, 0.05) is 43.5 Å². The molecule has 4 aromatic rings. The van der Waals surface area contributed by atoms with Gasteiger partial charge in [-0.15, -0.1) is 0 Å². The van der Waals surface area contributed by atoms with Gasteiger partial charge in [-0.1, -0.05) is 12.1 Å². The topological polar surface area (TPSA) is 107 Å². The second kappa shape index (κ2) is 10.9. The molecule has 1 saturated heterocycles. The summed E-state index contributed by atoms with van der Waals surface area (Å²) < 4.78 is 20.4. The number of nitrogens with zero attached hydrogens (tertiary/aromatic N) is 6. The summed E-state index contributed by atoms with van der Waals surface area (Å²) >= 11 is 0. The maximum atomic E-state index is 13.1. The molecule has 1 atom stereocenters. The third-order valence-electron chi connectivity index (χ3n) is 6.48. The van der Waals surface area contributed by atoms with Crippen molar-refractivity contribution in [2.75, 3.05) is 37.7 Å². The molecule has 0 bridgehead atoms. The van der Waals surface area contributed by atoms with E-state index in [0.29, 0.717) is 43.0 Å². The van der Waals surface area contributed by atoms with Crippen LogP contribution in [-0.4, -0.2) is 69.4 Å². The molecule has 38 heavy (non-hydrogen) atoms. The molecule has 0 radical (unpaired) electrons. The second-order valence-electron chi connectivity index (χ2n) is 9.29. The molecular weight excluding hydrogens is 487 g/mol. The number of amides is 1. The Labute approximate surface area is 219 Å². The largest absolute Gasteiger partial charge is 0.489 e. The van der Waals surface area contributed by atoms with E-state index in [2.05, 4.69) is 21.1 Å². The number of ether oxygens (including phenoxy) is 1. The first-order chi connectivity index (χ1) is 18.4. The fourth-order valence-electron chi connectivity index (χ4n) is 4.50. The van der Waals surface area contributed by atoms with E-state index in [0.717, 1.165) is 22.5 Å². The van der Waals surface area contributed by atoms with Gasteiger partial charge < -0.3 is 19.6 Å². The van der Waals surface area contributed by atoms with Crippen molar-refractivity contribution in [1.82, 2.24) is 19.5 Å². The van der Waals surface area contributed by atoms with Gasteiger partial charge in [-0.05, 0) is 42.8 Å². The Balaban J connectivity index is 1.29. The molecule has 1 aliphatic rings. The predicted octanol–water partition coefficient (Wildman–Crippen LogP) is 3.06. The zero-order valence-electron chi connectivity index (χ0n) is 20.9. The summed E-state index contributed by atoms with van der Waals surface area (Å²) in [5.74, 6) is 1.03. The number of hydrogen-bond donors (Lipinski definition) is 1. The molecule has 0 spiro atoms. The summed E-state index contributed by atoms with van der Waals surface area (Å²) in [5, 5.41) is 23.4. The Morgan fingerprint density at radius 1 is 1.16 bits per heavy atom. The molecule has 1 aromatic carbocycles. The third-order valence-corrected chi connectivity index (χ3v) is 6.48. The van der Waals surface area contributed by atoms with Gasteiger partial charge in [0.15, 0.2) is 0 Å². The average molecular weight is 515 g/mol. The highest BCUT2D eigenvalue weighted by Gasteiger charge is 2.22. The molecular formula is C28H27FN6O3. The fraction of sp³-hybridized carbons (Fsp3) is 0.286. The number of fused-ring (bicyclic) bond motifs is 1. The van der Waals surface area contributed by atoms with Gasteiger partial charge in [-0.3, -0.25) is 4.79 Å². The first-order valence-electron chi connectivity index (χ1n) is 12.4. The monoisotopic (exact) mass is 514 g/mol. The van der Waals surface area contributed by atoms with E-state index in [-0.39, 0.29) is 24.8 Å². The zero-order valence-corrected chi connectivity index (χ0v) is 20.9. The number of aliphatic hydroxyl groups is 1. The Bertz CT molecular complexity index is 1470. The average Bonchev–Trinajstić information content (AvgIpc) is 3.36. The van der Waals surface area contributed by atoms with Crippen LogP contribution in [0.25, 0.3) is 16.6 Å². The number of halogens is 1. The number of carbonyl (C=O) groups excluding carboxylic acids is 1. The fourth-order valence-corrected chi connectivity index (χ4v) is 4.50. The summed E-state index contributed by atoms with van der Waals surface area (Å²) in [6.45, 7) is 4.23. The first kappa shape index (κ1) is 25.2. The molecule has 1 N–H and O–H groups in total. The quantitative estimate of drug-likeness (QED) is 0.404. The van der Waals surface area contributed by atoms with Crippen LogP contribution >= 0.6 is 0 Å². The smallest absolute Gasteiger partial charge is 0.227 e. The number of rotatable bonds is 7. The number of hydrogen-bond acceptors (Lipinski definition) is 7. The van der Waals surface area contributed by atoms with E-state index in [1.807, 2.05) is 23.1 Å². The maximum absolute atomic E-state index is 13.1. The summed E-state index contributed by atoms with van der Waals surface area (Å²) in [6.07, 6.45) is 4.57. The molecule has 1 amide bonds. The molecule has 1 fully saturated rings. The maximum Gasteiger partial charge on any atom is 0.227 e. The Kier molecular flexibility index (Phi) is 7.20. The Morgan fingerprint density at radius 3 is 2.58 bits per heavy atom. The van der Waals surface area contributed by atoms with Crippen LogP contribution in [-0.2, 0) is 11.2 Å². The van der Waals surface area contributed by atoms with Gasteiger partial charge in [-0.25, -0.2) is 13.9 Å². The van der Waals surface area contributed by atoms with Crippen LogP contribution in [0.1, 0.15) is 18.1 Å². The van der Waals surface area contributed by atoms with Crippen molar-refractivity contribution in [3.63, 3.8) is 0 Å². The lowest BCUT2D eigenvalue weighted by atomic mass is 10.1. The molecule has 3 aromatic heterocycles. The van der Waals surface area contributed by atoms with Crippen molar-refractivity contribution in [2.24, 2.45) is 0 Å². The minimum atomic E-state index is -0.624. The van der Waals surface area contributed by atoms with Gasteiger partial charge in [0.1, 0.15) is 30.1 Å². The lowest BCUT2D eigenvalue weighted by Gasteiger charge is -2.35. The van der Waals surface area contributed by atoms with Gasteiger partial charge in [0.2, 0.25) is 5.91 Å². The summed E-state index contributed by atoms with van der Waals surface area (Å²) in [4.78, 5) is 21.3. The van der Waals surface area contributed by atoms with Crippen LogP contribution in [0.2, 0.25) is 0 Å². The van der Waals surface area contributed by atoms with Gasteiger partial charge in [0.05, 0.1) is 36.0 Å². The van der Waals surface area contributed by atoms with Crippen molar-refractivity contribution in [2.45, 2.75) is 19.4 Å². The summed E-state index contributed by atoms with van der Waals surface area (Å²) in [7, 11) is 0. The van der Waals surface area contributed by atoms with E-state index in [1.165, 1.54) is 18.3 Å². The minimum Gasteiger partial charge on any atom is -0.489 e. The van der Waals surface area contributed by atoms with E-state index >= 15 is 0 Å². The summed E-state index contributed by atoms with van der Waals surface area (Å²) in [6, 6.07) is 13.9. The number of nitriles is 1. The predicted molar refractivity (Wildman–Crippen MR) is 139 cm³/mol. The number of aromatic nitrogens is 3. The number of piperazine rings is 1. The number of benzene rings is 1. The molecule has 4 heterocycles. The molecule has 0 saturated carbocycles. The van der Waals surface area contributed by atoms with Crippen LogP contribution in [0.3, 0.4) is 0 Å². The van der Waals surface area contributed by atoms with Gasteiger partial charge >= 0.3 is 0 Å². The van der Waals surface area contributed by atoms with Crippen LogP contribution < -0.4 is 9.64 Å². The zero-order chi connectivity index (χ0) is 26.6. The Morgan fingerprint density at radius 2 is 1.92 bits per heavy atom. The highest BCUT2D eigenvalue weighted by Crippen LogP contribution is 2.31. The molecule has 10 heteroatoms. The van der Waals surface area contributed by atoms with Crippen molar-refractivity contribution in [3.8, 4) is 22.9 Å². The Hall–Kier alpha value is -4.49. The second-order valence-corrected chi connectivity index (χ2v) is 9.29. The lowest BCUT2D eigenvalue weighted by Crippen LogP contribution is -2.49. The lowest BCUT2D eigenvalue weighted by molar-refractivity contribution is -0.130. The van der Waals surface area contributed by atoms with Crippen molar-refractivity contribution < 1.29 is 19.0 Å². The third kappa shape index (κ3) is 5.43. The molecule has 9 nitrogen and oxygen atoms in total. The molecule has 0 aliphatic carbocycles. The highest BCUT2D eigenvalue weighted by molar-refractivity contribution is 5.85. The van der Waals surface area contributed by atoms with Gasteiger partial charge in [0.25, 0.3) is 0 Å². The molecule has 1 unspecified atom stereocenters. The standard InChI is InChI=1S/C28H27FN6O3/c1-19(36)18-38-24-13-25(28-22(14-30)16-32-35(28)17-24)21-4-7-26(31-15-21)33-8-10-34(11-9-33)27(37)12-20-2-5-23(29)6-3-20/h2-7,13,15-17,19,36H,8-12,18H2,1H3. The van der Waals surface area contributed by atoms with Crippen LogP contribution in [0, 0.1) is 17.1 Å². The van der Waals surface area contributed by atoms with E-state index in [4.69, 9.17) is 4.74 Å². The van der Waals surface area contributed by atoms with Crippen LogP contribution in [0.5, 0.6) is 5.75 Å². The van der Waals surface area contributed by atoms with Crippen molar-refractivity contribution >= 4 is 17.2 Å². The number of pyridine rings is 2. The number of anilines is 1. The van der Waals surface area contributed by atoms with E-state index in [9.17, 15) is 19.6 Å². The van der Waals surface area contributed by atoms with Crippen molar-refractivity contribution in [1.29, 1.82) is 5.26 Å². The number of aliphatic hydroxyl groups excluding tert-OH is 1. The van der Waals surface area contributed by atoms with Crippen LogP contribution in [0.4, 0.5) is 10.2 Å². The van der Waals surface area contributed by atoms with Gasteiger partial charge in [-0.2, -0.15) is 10.4 Å². The van der Waals surface area contributed by atoms with E-state index in [1.54, 1.807) is 36.0 Å². The number of carbonyl (C=O) groups is 1. The van der Waals surface area contributed by atoms with Crippen LogP contribution in [0.15, 0.2) is 61.1 Å². The first-order valence-corrected chi connectivity index (χ1v) is 12.4. The minimum absolute atomic E-state index is 0.0235. The normalized spacial score (nSPS) is 14.4. The van der Waals surface area contributed by atoms with Crippen molar-refractivity contribution in [3.05, 3.63) is 78.0 Å². The summed E-state index contributed by atoms with van der Waals surface area (Å²) in [5.41, 5.74) is 3.43.